The first-order valence-electron chi connectivity index (χ1n) is 8.87. The number of ether oxygens (including phenoxy) is 1. The summed E-state index contributed by atoms with van der Waals surface area (Å²) < 4.78 is 5.12. The van der Waals surface area contributed by atoms with Gasteiger partial charge in [-0.1, -0.05) is 36.9 Å². The molecule has 2 amide bonds. The molecule has 152 valence electrons. The van der Waals surface area contributed by atoms with E-state index < -0.39 is 35.4 Å². The van der Waals surface area contributed by atoms with Gasteiger partial charge in [-0.2, -0.15) is 0 Å². The number of carbonyl (C=O) groups is 4. The minimum absolute atomic E-state index is 0.125. The number of nitrogens with zero attached hydrogens (tertiary/aromatic N) is 1. The van der Waals surface area contributed by atoms with E-state index in [2.05, 4.69) is 11.9 Å². The van der Waals surface area contributed by atoms with Gasteiger partial charge in [-0.15, -0.1) is 11.8 Å². The lowest BCUT2D eigenvalue weighted by atomic mass is 10.00. The van der Waals surface area contributed by atoms with Crippen molar-refractivity contribution >= 4 is 35.5 Å². The Bertz CT molecular complexity index is 897. The predicted molar refractivity (Wildman–Crippen MR) is 106 cm³/mol. The minimum Gasteiger partial charge on any atom is -0.477 e. The molecule has 2 aliphatic rings. The second kappa shape index (κ2) is 8.52. The summed E-state index contributed by atoms with van der Waals surface area (Å²) in [6.07, 6.45) is 0.510. The fraction of sp³-hybridized carbons (Fsp3) is 0.300. The number of carboxylic acids is 1. The van der Waals surface area contributed by atoms with E-state index in [1.807, 2.05) is 30.3 Å². The standard InChI is InChI=1S/C20H20N2O6S/c1-3-14(28-11(2)23)13-10-29-19-16(18(25)22(19)17(13)20(26)27)21-15(24)9-12-7-5-4-6-8-12/h3-8,14,16,19H,1,9-10H2,2H3,(H,21,24)(H,26,27)/t14?,16-,19-/m1/s1. The van der Waals surface area contributed by atoms with E-state index in [1.54, 1.807) is 0 Å². The molecule has 0 aliphatic carbocycles. The molecule has 3 atom stereocenters. The van der Waals surface area contributed by atoms with Crippen molar-refractivity contribution in [3.8, 4) is 0 Å². The summed E-state index contributed by atoms with van der Waals surface area (Å²) in [6.45, 7) is 4.80. The summed E-state index contributed by atoms with van der Waals surface area (Å²) in [4.78, 5) is 49.2. The summed E-state index contributed by atoms with van der Waals surface area (Å²) in [5.41, 5.74) is 0.873. The molecule has 3 rings (SSSR count). The van der Waals surface area contributed by atoms with Gasteiger partial charge in [0.15, 0.2) is 0 Å². The highest BCUT2D eigenvalue weighted by molar-refractivity contribution is 8.00. The van der Waals surface area contributed by atoms with Gasteiger partial charge in [0, 0.05) is 18.2 Å². The first-order valence-corrected chi connectivity index (χ1v) is 9.92. The number of carboxylic acid groups (broad SMARTS) is 1. The predicted octanol–water partition coefficient (Wildman–Crippen LogP) is 1.09. The van der Waals surface area contributed by atoms with E-state index in [0.29, 0.717) is 0 Å². The quantitative estimate of drug-likeness (QED) is 0.389. The van der Waals surface area contributed by atoms with E-state index in [1.165, 1.54) is 24.8 Å². The van der Waals surface area contributed by atoms with E-state index in [4.69, 9.17) is 4.74 Å². The summed E-state index contributed by atoms with van der Waals surface area (Å²) in [5, 5.41) is 11.8. The molecule has 2 aliphatic heterocycles. The maximum Gasteiger partial charge on any atom is 0.352 e. The lowest BCUT2D eigenvalue weighted by Crippen LogP contribution is -2.70. The Morgan fingerprint density at radius 1 is 1.38 bits per heavy atom. The minimum atomic E-state index is -1.30. The van der Waals surface area contributed by atoms with Crippen LogP contribution < -0.4 is 5.32 Å². The Hall–Kier alpha value is -3.07. The van der Waals surface area contributed by atoms with Gasteiger partial charge in [-0.3, -0.25) is 19.3 Å². The Morgan fingerprint density at radius 3 is 2.66 bits per heavy atom. The van der Waals surface area contributed by atoms with Crippen molar-refractivity contribution in [2.45, 2.75) is 30.9 Å². The van der Waals surface area contributed by atoms with Crippen molar-refractivity contribution in [3.05, 3.63) is 59.8 Å². The first kappa shape index (κ1) is 20.7. The molecular formula is C20H20N2O6S. The molecule has 2 heterocycles. The summed E-state index contributed by atoms with van der Waals surface area (Å²) in [6, 6.07) is 8.30. The molecule has 0 bridgehead atoms. The SMILES string of the molecule is C=CC(OC(C)=O)C1=C(C(=O)O)N2C(=O)[C@@H](NC(=O)Cc3ccccc3)[C@H]2SC1. The molecule has 0 aromatic heterocycles. The van der Waals surface area contributed by atoms with Crippen LogP contribution in [0.2, 0.25) is 0 Å². The number of fused-ring (bicyclic) bond motifs is 1. The van der Waals surface area contributed by atoms with Crippen molar-refractivity contribution in [2.75, 3.05) is 5.75 Å². The summed E-state index contributed by atoms with van der Waals surface area (Å²) >= 11 is 1.30. The van der Waals surface area contributed by atoms with Crippen LogP contribution in [0.5, 0.6) is 0 Å². The zero-order valence-electron chi connectivity index (χ0n) is 15.7. The van der Waals surface area contributed by atoms with Crippen LogP contribution in [0.1, 0.15) is 12.5 Å². The average Bonchev–Trinajstić information content (AvgIpc) is 2.69. The number of esters is 1. The second-order valence-corrected chi connectivity index (χ2v) is 7.67. The lowest BCUT2D eigenvalue weighted by molar-refractivity contribution is -0.151. The van der Waals surface area contributed by atoms with Crippen LogP contribution in [0, 0.1) is 0 Å². The van der Waals surface area contributed by atoms with E-state index in [0.717, 1.165) is 10.5 Å². The number of carbonyl (C=O) groups excluding carboxylic acids is 3. The fourth-order valence-corrected chi connectivity index (χ4v) is 4.69. The molecule has 1 aromatic carbocycles. The van der Waals surface area contributed by atoms with E-state index >= 15 is 0 Å². The van der Waals surface area contributed by atoms with Gasteiger partial charge in [0.25, 0.3) is 5.91 Å². The topological polar surface area (TPSA) is 113 Å². The third-order valence-corrected chi connectivity index (χ3v) is 5.88. The number of benzene rings is 1. The highest BCUT2D eigenvalue weighted by atomic mass is 32.2. The van der Waals surface area contributed by atoms with Crippen LogP contribution in [0.25, 0.3) is 0 Å². The number of aliphatic carboxylic acids is 1. The fourth-order valence-electron chi connectivity index (χ4n) is 3.31. The third-order valence-electron chi connectivity index (χ3n) is 4.57. The average molecular weight is 416 g/mol. The van der Waals surface area contributed by atoms with Crippen molar-refractivity contribution in [1.82, 2.24) is 10.2 Å². The molecule has 8 nitrogen and oxygen atoms in total. The van der Waals surface area contributed by atoms with E-state index in [-0.39, 0.29) is 29.4 Å². The normalized spacial score (nSPS) is 21.6. The maximum atomic E-state index is 12.6. The number of hydrogen-bond acceptors (Lipinski definition) is 6. The highest BCUT2D eigenvalue weighted by Gasteiger charge is 2.54. The van der Waals surface area contributed by atoms with Crippen LogP contribution in [-0.2, 0) is 30.3 Å². The van der Waals surface area contributed by atoms with Crippen molar-refractivity contribution in [1.29, 1.82) is 0 Å². The zero-order chi connectivity index (χ0) is 21.1. The van der Waals surface area contributed by atoms with Crippen LogP contribution in [0.4, 0.5) is 0 Å². The van der Waals surface area contributed by atoms with Gasteiger partial charge in [0.1, 0.15) is 23.2 Å². The number of hydrogen-bond donors (Lipinski definition) is 2. The summed E-state index contributed by atoms with van der Waals surface area (Å²) in [7, 11) is 0. The molecular weight excluding hydrogens is 396 g/mol. The molecule has 0 spiro atoms. The monoisotopic (exact) mass is 416 g/mol. The van der Waals surface area contributed by atoms with Crippen LogP contribution >= 0.6 is 11.8 Å². The Morgan fingerprint density at radius 2 is 2.07 bits per heavy atom. The second-order valence-electron chi connectivity index (χ2n) is 6.56. The van der Waals surface area contributed by atoms with Crippen LogP contribution in [-0.4, -0.2) is 57.0 Å². The van der Waals surface area contributed by atoms with E-state index in [9.17, 15) is 24.3 Å². The Labute approximate surface area is 171 Å². The van der Waals surface area contributed by atoms with Crippen LogP contribution in [0.15, 0.2) is 54.3 Å². The Kier molecular flexibility index (Phi) is 6.07. The number of rotatable bonds is 7. The highest BCUT2D eigenvalue weighted by Crippen LogP contribution is 2.41. The molecule has 2 N–H and O–H groups in total. The molecule has 1 saturated heterocycles. The molecule has 1 fully saturated rings. The summed E-state index contributed by atoms with van der Waals surface area (Å²) in [5.74, 6) is -2.48. The first-order chi connectivity index (χ1) is 13.8. The molecule has 1 unspecified atom stereocenters. The Balaban J connectivity index is 1.76. The van der Waals surface area contributed by atoms with Crippen LogP contribution in [0.3, 0.4) is 0 Å². The lowest BCUT2D eigenvalue weighted by Gasteiger charge is -2.49. The molecule has 0 radical (unpaired) electrons. The smallest absolute Gasteiger partial charge is 0.352 e. The molecule has 0 saturated carbocycles. The van der Waals surface area contributed by atoms with Gasteiger partial charge in [-0.05, 0) is 11.6 Å². The van der Waals surface area contributed by atoms with Crippen molar-refractivity contribution in [2.24, 2.45) is 0 Å². The molecule has 9 heteroatoms. The van der Waals surface area contributed by atoms with Gasteiger partial charge in [0.2, 0.25) is 5.91 Å². The maximum absolute atomic E-state index is 12.6. The number of amides is 2. The number of β-lactam (4-membered cyclic amide) rings is 1. The number of nitrogens with one attached hydrogen (secondary N) is 1. The zero-order valence-corrected chi connectivity index (χ0v) is 16.5. The third kappa shape index (κ3) is 4.19. The van der Waals surface area contributed by atoms with Gasteiger partial charge in [0.05, 0.1) is 6.42 Å². The van der Waals surface area contributed by atoms with Gasteiger partial charge >= 0.3 is 11.9 Å². The van der Waals surface area contributed by atoms with Crippen molar-refractivity contribution in [3.63, 3.8) is 0 Å². The van der Waals surface area contributed by atoms with Gasteiger partial charge < -0.3 is 15.2 Å². The molecule has 1 aromatic rings. The molecule has 29 heavy (non-hydrogen) atoms. The largest absolute Gasteiger partial charge is 0.477 e. The van der Waals surface area contributed by atoms with Gasteiger partial charge in [-0.25, -0.2) is 4.79 Å². The number of thioether (sulfide) groups is 1. The van der Waals surface area contributed by atoms with Crippen molar-refractivity contribution < 1.29 is 29.0 Å².